The van der Waals surface area contributed by atoms with Crippen molar-refractivity contribution in [2.75, 3.05) is 31.6 Å². The zero-order valence-electron chi connectivity index (χ0n) is 24.8. The average Bonchev–Trinajstić information content (AvgIpc) is 3.01. The van der Waals surface area contributed by atoms with Crippen molar-refractivity contribution >= 4 is 17.6 Å². The number of aromatic nitrogens is 2. The van der Waals surface area contributed by atoms with E-state index in [9.17, 15) is 14.7 Å². The molecule has 0 bridgehead atoms. The topological polar surface area (TPSA) is 131 Å². The Bertz CT molecular complexity index is 1440. The smallest absolute Gasteiger partial charge is 0.225 e. The van der Waals surface area contributed by atoms with E-state index in [0.717, 1.165) is 47.9 Å². The number of nitrogens with zero attached hydrogens (tertiary/aromatic N) is 3. The van der Waals surface area contributed by atoms with E-state index < -0.39 is 11.1 Å². The van der Waals surface area contributed by atoms with Gasteiger partial charge in [-0.15, -0.1) is 10.2 Å². The van der Waals surface area contributed by atoms with Gasteiger partial charge in [-0.05, 0) is 68.6 Å². The van der Waals surface area contributed by atoms with Crippen molar-refractivity contribution in [3.63, 3.8) is 0 Å². The summed E-state index contributed by atoms with van der Waals surface area (Å²) in [4.78, 5) is 27.9. The van der Waals surface area contributed by atoms with E-state index in [1.54, 1.807) is 0 Å². The maximum Gasteiger partial charge on any atom is 0.225 e. The van der Waals surface area contributed by atoms with Gasteiger partial charge in [0.1, 0.15) is 5.69 Å². The first-order chi connectivity index (χ1) is 20.7. The summed E-state index contributed by atoms with van der Waals surface area (Å²) >= 11 is 0. The van der Waals surface area contributed by atoms with E-state index in [1.807, 2.05) is 72.5 Å². The Morgan fingerprint density at radius 1 is 0.977 bits per heavy atom. The first kappa shape index (κ1) is 29.4. The van der Waals surface area contributed by atoms with Gasteiger partial charge in [0.2, 0.25) is 11.8 Å². The molecule has 3 fully saturated rings. The third-order valence-corrected chi connectivity index (χ3v) is 9.26. The van der Waals surface area contributed by atoms with Crippen molar-refractivity contribution in [2.45, 2.75) is 63.0 Å². The number of benzene rings is 2. The third-order valence-electron chi connectivity index (χ3n) is 9.26. The van der Waals surface area contributed by atoms with Crippen LogP contribution >= 0.6 is 0 Å². The molecule has 0 radical (unpaired) electrons. The Labute approximate surface area is 252 Å². The number of hydrogen-bond donors (Lipinski definition) is 3. The van der Waals surface area contributed by atoms with Gasteiger partial charge >= 0.3 is 0 Å². The van der Waals surface area contributed by atoms with Crippen LogP contribution < -0.4 is 11.1 Å². The number of amides is 2. The highest BCUT2D eigenvalue weighted by atomic mass is 16.5. The minimum atomic E-state index is -0.721. The first-order valence-electron chi connectivity index (χ1n) is 15.4. The average molecular weight is 584 g/mol. The van der Waals surface area contributed by atoms with Crippen molar-refractivity contribution in [3.05, 3.63) is 66.2 Å². The molecule has 1 aromatic heterocycles. The molecule has 2 saturated carbocycles. The van der Waals surface area contributed by atoms with Crippen LogP contribution in [0.5, 0.6) is 0 Å². The number of morpholine rings is 1. The minimum absolute atomic E-state index is 0.0531. The molecule has 1 saturated heterocycles. The number of carbonyl (C=O) groups is 2. The number of anilines is 1. The van der Waals surface area contributed by atoms with Gasteiger partial charge in [0.15, 0.2) is 5.82 Å². The highest BCUT2D eigenvalue weighted by molar-refractivity contribution is 5.91. The Balaban J connectivity index is 1.12. The zero-order valence-corrected chi connectivity index (χ0v) is 24.8. The number of aliphatic hydroxyl groups is 1. The van der Waals surface area contributed by atoms with Gasteiger partial charge in [-0.3, -0.25) is 9.59 Å². The lowest BCUT2D eigenvalue weighted by Crippen LogP contribution is -2.58. The van der Waals surface area contributed by atoms with E-state index in [1.165, 1.54) is 0 Å². The van der Waals surface area contributed by atoms with Crippen LogP contribution in [0.2, 0.25) is 0 Å². The van der Waals surface area contributed by atoms with Crippen LogP contribution in [0.15, 0.2) is 60.7 Å². The second-order valence-electron chi connectivity index (χ2n) is 12.8. The molecule has 43 heavy (non-hydrogen) atoms. The number of nitrogens with two attached hydrogens (primary N) is 1. The summed E-state index contributed by atoms with van der Waals surface area (Å²) in [6.45, 7) is 4.40. The molecular weight excluding hydrogens is 542 g/mol. The fourth-order valence-electron chi connectivity index (χ4n) is 7.09. The van der Waals surface area contributed by atoms with Gasteiger partial charge < -0.3 is 25.8 Å². The van der Waals surface area contributed by atoms with Gasteiger partial charge in [-0.1, -0.05) is 54.6 Å². The van der Waals surface area contributed by atoms with Crippen molar-refractivity contribution in [1.29, 1.82) is 0 Å². The quantitative estimate of drug-likeness (QED) is 0.373. The lowest BCUT2D eigenvalue weighted by molar-refractivity contribution is -0.141. The Kier molecular flexibility index (Phi) is 8.31. The second kappa shape index (κ2) is 12.1. The molecular formula is C34H41N5O4. The molecule has 1 aliphatic heterocycles. The second-order valence-corrected chi connectivity index (χ2v) is 12.8. The molecule has 0 atom stereocenters. The molecule has 2 heterocycles. The van der Waals surface area contributed by atoms with Gasteiger partial charge in [0.05, 0.1) is 18.8 Å². The van der Waals surface area contributed by atoms with Crippen molar-refractivity contribution in [1.82, 2.24) is 15.1 Å². The fourth-order valence-corrected chi connectivity index (χ4v) is 7.09. The first-order valence-corrected chi connectivity index (χ1v) is 15.4. The maximum atomic E-state index is 13.1. The molecule has 6 rings (SSSR count). The third kappa shape index (κ3) is 6.64. The molecule has 9 heteroatoms. The van der Waals surface area contributed by atoms with Crippen LogP contribution in [-0.2, 0) is 19.9 Å². The Morgan fingerprint density at radius 2 is 1.65 bits per heavy atom. The number of rotatable bonds is 7. The zero-order chi connectivity index (χ0) is 30.0. The number of hydrogen-bond acceptors (Lipinski definition) is 7. The summed E-state index contributed by atoms with van der Waals surface area (Å²) in [5, 5.41) is 22.1. The highest BCUT2D eigenvalue weighted by Crippen LogP contribution is 2.46. The summed E-state index contributed by atoms with van der Waals surface area (Å²) in [5.41, 5.74) is 9.73. The van der Waals surface area contributed by atoms with Crippen LogP contribution in [0.1, 0.15) is 57.4 Å². The molecule has 0 unspecified atom stereocenters. The maximum absolute atomic E-state index is 13.1. The lowest BCUT2D eigenvalue weighted by atomic mass is 9.63. The van der Waals surface area contributed by atoms with Crippen molar-refractivity contribution in [2.24, 2.45) is 17.6 Å². The normalized spacial score (nSPS) is 27.3. The molecule has 0 spiro atoms. The standard InChI is InChI=1S/C34H41N5O4/c1-33(42)21-34(35,22-33)27-13-11-25(12-14-27)31-28(24-5-3-2-4-6-24)20-29(37-38-31)36-30(40)19-23-7-9-26(10-8-23)32(41)39-15-17-43-18-16-39/h2-6,11-14,20,23,26,42H,7-10,15-19,21-22,35H2,1H3,(H,36,37,40)/t23?,26?,33-,34-. The van der Waals surface area contributed by atoms with Gasteiger partial charge in [0.25, 0.3) is 0 Å². The number of nitrogens with one attached hydrogen (secondary N) is 1. The summed E-state index contributed by atoms with van der Waals surface area (Å²) in [5.74, 6) is 0.870. The summed E-state index contributed by atoms with van der Waals surface area (Å²) < 4.78 is 5.38. The molecule has 226 valence electrons. The number of ether oxygens (including phenoxy) is 1. The van der Waals surface area contributed by atoms with Crippen LogP contribution in [0.3, 0.4) is 0 Å². The molecule has 3 aliphatic rings. The van der Waals surface area contributed by atoms with Crippen LogP contribution in [0, 0.1) is 11.8 Å². The summed E-state index contributed by atoms with van der Waals surface area (Å²) in [6, 6.07) is 19.8. The van der Waals surface area contributed by atoms with E-state index in [4.69, 9.17) is 10.5 Å². The molecule has 9 nitrogen and oxygen atoms in total. The van der Waals surface area contributed by atoms with Gasteiger partial charge in [0, 0.05) is 42.1 Å². The van der Waals surface area contributed by atoms with Crippen molar-refractivity contribution < 1.29 is 19.4 Å². The fraction of sp³-hybridized carbons (Fsp3) is 0.471. The van der Waals surface area contributed by atoms with Gasteiger partial charge in [-0.2, -0.15) is 0 Å². The van der Waals surface area contributed by atoms with E-state index in [2.05, 4.69) is 15.5 Å². The molecule has 2 aromatic carbocycles. The minimum Gasteiger partial charge on any atom is -0.390 e. The monoisotopic (exact) mass is 583 g/mol. The lowest BCUT2D eigenvalue weighted by Gasteiger charge is -2.49. The molecule has 2 amide bonds. The van der Waals surface area contributed by atoms with Crippen LogP contribution in [-0.4, -0.2) is 63.9 Å². The Hall–Kier alpha value is -3.66. The summed E-state index contributed by atoms with van der Waals surface area (Å²) in [6.07, 6.45) is 4.83. The van der Waals surface area contributed by atoms with E-state index in [-0.39, 0.29) is 23.7 Å². The predicted molar refractivity (Wildman–Crippen MR) is 165 cm³/mol. The van der Waals surface area contributed by atoms with E-state index >= 15 is 0 Å². The predicted octanol–water partition coefficient (Wildman–Crippen LogP) is 4.50. The van der Waals surface area contributed by atoms with Gasteiger partial charge in [-0.25, -0.2) is 0 Å². The molecule has 3 aromatic rings. The largest absolute Gasteiger partial charge is 0.390 e. The highest BCUT2D eigenvalue weighted by Gasteiger charge is 2.49. The molecule has 2 aliphatic carbocycles. The van der Waals surface area contributed by atoms with Crippen LogP contribution in [0.4, 0.5) is 5.82 Å². The molecule has 4 N–H and O–H groups in total. The summed E-state index contributed by atoms with van der Waals surface area (Å²) in [7, 11) is 0. The SMILES string of the molecule is C[C@]1(O)C[C@@](N)(c2ccc(-c3nnc(NC(=O)CC4CCC(C(=O)N5CCOCC5)CC4)cc3-c3ccccc3)cc2)C1. The van der Waals surface area contributed by atoms with E-state index in [0.29, 0.717) is 57.1 Å². The number of carbonyl (C=O) groups excluding carboxylic acids is 2. The Morgan fingerprint density at radius 3 is 2.30 bits per heavy atom. The van der Waals surface area contributed by atoms with Crippen molar-refractivity contribution in [3.8, 4) is 22.4 Å². The van der Waals surface area contributed by atoms with Crippen LogP contribution in [0.25, 0.3) is 22.4 Å².